The average Bonchev–Trinajstić information content (AvgIpc) is 2.97. The number of aromatic nitrogens is 2. The second-order valence-electron chi connectivity index (χ2n) is 5.07. The molecule has 3 heterocycles. The van der Waals surface area contributed by atoms with Crippen LogP contribution in [0.4, 0.5) is 0 Å². The van der Waals surface area contributed by atoms with E-state index in [4.69, 9.17) is 4.52 Å². The Kier molecular flexibility index (Phi) is 3.11. The lowest BCUT2D eigenvalue weighted by Gasteiger charge is -2.20. The van der Waals surface area contributed by atoms with Gasteiger partial charge in [-0.1, -0.05) is 5.16 Å². The van der Waals surface area contributed by atoms with Crippen molar-refractivity contribution in [2.75, 3.05) is 19.6 Å². The SMILES string of the molecule is Cc1nc(CCNC2CCN3CCCC23)no1. The van der Waals surface area contributed by atoms with Crippen LogP contribution in [0, 0.1) is 6.92 Å². The monoisotopic (exact) mass is 236 g/mol. The standard InChI is InChI=1S/C12H20N4O/c1-9-14-12(15-17-9)4-6-13-10-5-8-16-7-2-3-11(10)16/h10-11,13H,2-8H2,1H3. The lowest BCUT2D eigenvalue weighted by Crippen LogP contribution is -2.40. The van der Waals surface area contributed by atoms with Gasteiger partial charge in [0.05, 0.1) is 0 Å². The molecule has 2 aliphatic heterocycles. The van der Waals surface area contributed by atoms with Crippen molar-refractivity contribution in [2.24, 2.45) is 0 Å². The first-order chi connectivity index (χ1) is 8.33. The fourth-order valence-corrected chi connectivity index (χ4v) is 3.13. The highest BCUT2D eigenvalue weighted by molar-refractivity contribution is 4.96. The molecule has 5 heteroatoms. The van der Waals surface area contributed by atoms with E-state index in [1.165, 1.54) is 32.4 Å². The molecule has 0 bridgehead atoms. The van der Waals surface area contributed by atoms with Gasteiger partial charge in [-0.2, -0.15) is 4.98 Å². The van der Waals surface area contributed by atoms with Crippen molar-refractivity contribution < 1.29 is 4.52 Å². The molecule has 0 radical (unpaired) electrons. The first kappa shape index (κ1) is 11.2. The predicted octanol–water partition coefficient (Wildman–Crippen LogP) is 0.747. The lowest BCUT2D eigenvalue weighted by molar-refractivity contribution is 0.299. The average molecular weight is 236 g/mol. The van der Waals surface area contributed by atoms with Crippen LogP contribution in [0.3, 0.4) is 0 Å². The van der Waals surface area contributed by atoms with Crippen LogP contribution in [0.15, 0.2) is 4.52 Å². The highest BCUT2D eigenvalue weighted by Gasteiger charge is 2.36. The maximum Gasteiger partial charge on any atom is 0.223 e. The summed E-state index contributed by atoms with van der Waals surface area (Å²) < 4.78 is 4.96. The third-order valence-corrected chi connectivity index (χ3v) is 3.93. The van der Waals surface area contributed by atoms with Gasteiger partial charge in [0.25, 0.3) is 0 Å². The van der Waals surface area contributed by atoms with Crippen LogP contribution in [0.5, 0.6) is 0 Å². The summed E-state index contributed by atoms with van der Waals surface area (Å²) in [6.07, 6.45) is 4.88. The Bertz CT molecular complexity index is 378. The zero-order valence-electron chi connectivity index (χ0n) is 10.4. The molecule has 5 nitrogen and oxygen atoms in total. The van der Waals surface area contributed by atoms with Crippen molar-refractivity contribution in [3.8, 4) is 0 Å². The number of rotatable bonds is 4. The summed E-state index contributed by atoms with van der Waals surface area (Å²) in [4.78, 5) is 6.83. The fraction of sp³-hybridized carbons (Fsp3) is 0.833. The summed E-state index contributed by atoms with van der Waals surface area (Å²) in [6.45, 7) is 5.35. The van der Waals surface area contributed by atoms with E-state index in [-0.39, 0.29) is 0 Å². The number of aryl methyl sites for hydroxylation is 1. The molecule has 0 saturated carbocycles. The van der Waals surface area contributed by atoms with Crippen molar-refractivity contribution in [3.63, 3.8) is 0 Å². The molecule has 0 amide bonds. The molecule has 3 rings (SSSR count). The maximum atomic E-state index is 4.96. The van der Waals surface area contributed by atoms with Gasteiger partial charge in [-0.15, -0.1) is 0 Å². The topological polar surface area (TPSA) is 54.2 Å². The Hall–Kier alpha value is -0.940. The summed E-state index contributed by atoms with van der Waals surface area (Å²) in [5, 5.41) is 7.56. The second-order valence-corrected chi connectivity index (χ2v) is 5.07. The van der Waals surface area contributed by atoms with Crippen LogP contribution in [-0.2, 0) is 6.42 Å². The van der Waals surface area contributed by atoms with Crippen LogP contribution < -0.4 is 5.32 Å². The molecule has 94 valence electrons. The summed E-state index contributed by atoms with van der Waals surface area (Å²) >= 11 is 0. The van der Waals surface area contributed by atoms with E-state index in [1.54, 1.807) is 0 Å². The molecule has 1 N–H and O–H groups in total. The van der Waals surface area contributed by atoms with Gasteiger partial charge in [-0.3, -0.25) is 4.90 Å². The van der Waals surface area contributed by atoms with Gasteiger partial charge in [0.1, 0.15) is 0 Å². The molecule has 1 aromatic heterocycles. The fourth-order valence-electron chi connectivity index (χ4n) is 3.13. The van der Waals surface area contributed by atoms with E-state index in [0.29, 0.717) is 11.9 Å². The smallest absolute Gasteiger partial charge is 0.223 e. The number of nitrogens with one attached hydrogen (secondary N) is 1. The predicted molar refractivity (Wildman–Crippen MR) is 63.7 cm³/mol. The summed E-state index contributed by atoms with van der Waals surface area (Å²) in [5.74, 6) is 1.47. The molecule has 2 atom stereocenters. The van der Waals surface area contributed by atoms with Gasteiger partial charge in [-0.25, -0.2) is 0 Å². The molecule has 2 aliphatic rings. The van der Waals surface area contributed by atoms with Crippen LogP contribution in [0.2, 0.25) is 0 Å². The maximum absolute atomic E-state index is 4.96. The molecule has 0 aromatic carbocycles. The zero-order chi connectivity index (χ0) is 11.7. The van der Waals surface area contributed by atoms with E-state index < -0.39 is 0 Å². The third kappa shape index (κ3) is 2.35. The van der Waals surface area contributed by atoms with Crippen molar-refractivity contribution in [3.05, 3.63) is 11.7 Å². The normalized spacial score (nSPS) is 28.8. The first-order valence-electron chi connectivity index (χ1n) is 6.59. The largest absolute Gasteiger partial charge is 0.340 e. The molecule has 0 spiro atoms. The van der Waals surface area contributed by atoms with E-state index in [2.05, 4.69) is 20.4 Å². The van der Waals surface area contributed by atoms with Gasteiger partial charge < -0.3 is 9.84 Å². The Balaban J connectivity index is 1.45. The lowest BCUT2D eigenvalue weighted by atomic mass is 10.1. The third-order valence-electron chi connectivity index (χ3n) is 3.93. The van der Waals surface area contributed by atoms with Gasteiger partial charge in [0.2, 0.25) is 5.89 Å². The summed E-state index contributed by atoms with van der Waals surface area (Å²) in [6, 6.07) is 1.45. The van der Waals surface area contributed by atoms with Crippen molar-refractivity contribution >= 4 is 0 Å². The molecule has 0 aliphatic carbocycles. The van der Waals surface area contributed by atoms with Crippen LogP contribution in [-0.4, -0.2) is 46.8 Å². The van der Waals surface area contributed by atoms with Crippen molar-refractivity contribution in [1.82, 2.24) is 20.4 Å². The van der Waals surface area contributed by atoms with E-state index in [0.717, 1.165) is 24.8 Å². The highest BCUT2D eigenvalue weighted by Crippen LogP contribution is 2.27. The Labute approximate surface area is 102 Å². The van der Waals surface area contributed by atoms with Gasteiger partial charge in [0, 0.05) is 38.5 Å². The minimum Gasteiger partial charge on any atom is -0.340 e. The second kappa shape index (κ2) is 4.74. The number of nitrogens with zero attached hydrogens (tertiary/aromatic N) is 3. The van der Waals surface area contributed by atoms with Gasteiger partial charge >= 0.3 is 0 Å². The first-order valence-corrected chi connectivity index (χ1v) is 6.59. The summed E-state index contributed by atoms with van der Waals surface area (Å²) in [5.41, 5.74) is 0. The highest BCUT2D eigenvalue weighted by atomic mass is 16.5. The molecule has 2 saturated heterocycles. The molecule has 17 heavy (non-hydrogen) atoms. The van der Waals surface area contributed by atoms with Gasteiger partial charge in [0.15, 0.2) is 5.82 Å². The summed E-state index contributed by atoms with van der Waals surface area (Å²) in [7, 11) is 0. The van der Waals surface area contributed by atoms with Crippen LogP contribution in [0.25, 0.3) is 0 Å². The molecular formula is C12H20N4O. The zero-order valence-corrected chi connectivity index (χ0v) is 10.4. The minimum atomic E-state index is 0.655. The Morgan fingerprint density at radius 2 is 2.35 bits per heavy atom. The Morgan fingerprint density at radius 1 is 1.41 bits per heavy atom. The quantitative estimate of drug-likeness (QED) is 0.836. The molecule has 2 fully saturated rings. The molecular weight excluding hydrogens is 216 g/mol. The Morgan fingerprint density at radius 3 is 3.18 bits per heavy atom. The number of hydrogen-bond donors (Lipinski definition) is 1. The van der Waals surface area contributed by atoms with E-state index in [9.17, 15) is 0 Å². The van der Waals surface area contributed by atoms with E-state index >= 15 is 0 Å². The van der Waals surface area contributed by atoms with Crippen molar-refractivity contribution in [1.29, 1.82) is 0 Å². The number of hydrogen-bond acceptors (Lipinski definition) is 5. The van der Waals surface area contributed by atoms with Gasteiger partial charge in [-0.05, 0) is 25.8 Å². The minimum absolute atomic E-state index is 0.655. The van der Waals surface area contributed by atoms with Crippen LogP contribution in [0.1, 0.15) is 31.0 Å². The van der Waals surface area contributed by atoms with E-state index in [1.807, 2.05) is 6.92 Å². The van der Waals surface area contributed by atoms with Crippen molar-refractivity contribution in [2.45, 2.75) is 44.7 Å². The molecule has 1 aromatic rings. The molecule has 2 unspecified atom stereocenters. The van der Waals surface area contributed by atoms with Crippen LogP contribution >= 0.6 is 0 Å². The number of fused-ring (bicyclic) bond motifs is 1.